The Balaban J connectivity index is 1.78. The van der Waals surface area contributed by atoms with E-state index in [-0.39, 0.29) is 5.91 Å². The van der Waals surface area contributed by atoms with E-state index in [0.717, 1.165) is 5.56 Å². The zero-order valence-corrected chi connectivity index (χ0v) is 14.7. The number of hydrogen-bond donors (Lipinski definition) is 1. The summed E-state index contributed by atoms with van der Waals surface area (Å²) < 4.78 is 5.82. The number of carbonyl (C=O) groups is 1. The van der Waals surface area contributed by atoms with Crippen molar-refractivity contribution in [3.63, 3.8) is 0 Å². The summed E-state index contributed by atoms with van der Waals surface area (Å²) in [7, 11) is 0. The summed E-state index contributed by atoms with van der Waals surface area (Å²) in [5.41, 5.74) is 1.90. The fraction of sp³-hybridized carbons (Fsp3) is 0.0500. The molecule has 0 unspecified atom stereocenters. The maximum absolute atomic E-state index is 12.6. The molecular weight excluding hydrogens is 357 g/mol. The predicted octanol–water partition coefficient (Wildman–Crippen LogP) is 5.82. The largest absolute Gasteiger partial charge is 0.488 e. The Morgan fingerprint density at radius 1 is 0.880 bits per heavy atom. The van der Waals surface area contributed by atoms with E-state index >= 15 is 0 Å². The van der Waals surface area contributed by atoms with Gasteiger partial charge in [0.1, 0.15) is 12.4 Å². The first-order valence-corrected chi connectivity index (χ1v) is 8.42. The molecule has 3 rings (SSSR count). The monoisotopic (exact) mass is 371 g/mol. The number of anilines is 1. The summed E-state index contributed by atoms with van der Waals surface area (Å²) in [6.45, 7) is 0.378. The van der Waals surface area contributed by atoms with Crippen molar-refractivity contribution in [3.8, 4) is 5.75 Å². The number of ether oxygens (including phenoxy) is 1. The van der Waals surface area contributed by atoms with Crippen molar-refractivity contribution >= 4 is 34.8 Å². The highest BCUT2D eigenvalue weighted by atomic mass is 35.5. The fourth-order valence-electron chi connectivity index (χ4n) is 2.31. The lowest BCUT2D eigenvalue weighted by Crippen LogP contribution is -2.14. The number of hydrogen-bond acceptors (Lipinski definition) is 2. The maximum Gasteiger partial charge on any atom is 0.259 e. The summed E-state index contributed by atoms with van der Waals surface area (Å²) in [4.78, 5) is 12.6. The molecule has 3 nitrogen and oxygen atoms in total. The number of nitrogens with one attached hydrogen (secondary N) is 1. The van der Waals surface area contributed by atoms with Crippen molar-refractivity contribution in [3.05, 3.63) is 94.0 Å². The van der Waals surface area contributed by atoms with Crippen molar-refractivity contribution < 1.29 is 9.53 Å². The van der Waals surface area contributed by atoms with E-state index in [2.05, 4.69) is 5.32 Å². The number of rotatable bonds is 5. The molecule has 0 aliphatic heterocycles. The van der Waals surface area contributed by atoms with E-state index in [9.17, 15) is 4.79 Å². The molecule has 0 saturated carbocycles. The quantitative estimate of drug-likeness (QED) is 0.612. The standard InChI is InChI=1S/C20H15Cl2NO2/c21-16-10-6-11-17(19(16)22)23-20(24)15-9-4-5-12-18(15)25-13-14-7-2-1-3-8-14/h1-12H,13H2,(H,23,24). The molecule has 3 aromatic carbocycles. The number of benzene rings is 3. The lowest BCUT2D eigenvalue weighted by atomic mass is 10.1. The zero-order chi connectivity index (χ0) is 17.6. The van der Waals surface area contributed by atoms with Crippen LogP contribution in [0.1, 0.15) is 15.9 Å². The van der Waals surface area contributed by atoms with Crippen LogP contribution in [0.2, 0.25) is 10.0 Å². The van der Waals surface area contributed by atoms with E-state index in [1.807, 2.05) is 36.4 Å². The van der Waals surface area contributed by atoms with Gasteiger partial charge in [-0.3, -0.25) is 4.79 Å². The molecule has 0 aromatic heterocycles. The van der Waals surface area contributed by atoms with E-state index in [0.29, 0.717) is 33.7 Å². The third-order valence-corrected chi connectivity index (χ3v) is 4.39. The molecule has 0 aliphatic carbocycles. The Hall–Kier alpha value is -2.49. The van der Waals surface area contributed by atoms with Gasteiger partial charge >= 0.3 is 0 Å². The van der Waals surface area contributed by atoms with Gasteiger partial charge in [0.15, 0.2) is 0 Å². The number of carbonyl (C=O) groups excluding carboxylic acids is 1. The van der Waals surface area contributed by atoms with Crippen molar-refractivity contribution in [1.29, 1.82) is 0 Å². The number of halogens is 2. The Bertz CT molecular complexity index is 882. The first kappa shape index (κ1) is 17.3. The van der Waals surface area contributed by atoms with Gasteiger partial charge in [-0.25, -0.2) is 0 Å². The second-order valence-corrected chi connectivity index (χ2v) is 6.11. The van der Waals surface area contributed by atoms with Crippen LogP contribution in [0.4, 0.5) is 5.69 Å². The van der Waals surface area contributed by atoms with Gasteiger partial charge in [-0.05, 0) is 29.8 Å². The predicted molar refractivity (Wildman–Crippen MR) is 102 cm³/mol. The van der Waals surface area contributed by atoms with Crippen LogP contribution in [0.3, 0.4) is 0 Å². The molecule has 0 fully saturated rings. The van der Waals surface area contributed by atoms with Gasteiger partial charge in [0.05, 0.1) is 21.3 Å². The van der Waals surface area contributed by atoms with Gasteiger partial charge in [-0.2, -0.15) is 0 Å². The first-order valence-electron chi connectivity index (χ1n) is 7.66. The third kappa shape index (κ3) is 4.32. The Labute approximate surface area is 156 Å². The summed E-state index contributed by atoms with van der Waals surface area (Å²) in [5, 5.41) is 3.46. The highest BCUT2D eigenvalue weighted by molar-refractivity contribution is 6.44. The molecule has 0 atom stereocenters. The van der Waals surface area contributed by atoms with Crippen molar-refractivity contribution in [2.24, 2.45) is 0 Å². The second kappa shape index (κ2) is 8.06. The highest BCUT2D eigenvalue weighted by Gasteiger charge is 2.14. The molecule has 0 radical (unpaired) electrons. The minimum atomic E-state index is -0.312. The van der Waals surface area contributed by atoms with Gasteiger partial charge in [0.25, 0.3) is 5.91 Å². The van der Waals surface area contributed by atoms with Crippen LogP contribution in [-0.4, -0.2) is 5.91 Å². The van der Waals surface area contributed by atoms with Gasteiger partial charge in [-0.15, -0.1) is 0 Å². The van der Waals surface area contributed by atoms with Crippen LogP contribution in [0.25, 0.3) is 0 Å². The Kier molecular flexibility index (Phi) is 5.59. The number of amides is 1. The van der Waals surface area contributed by atoms with Crippen molar-refractivity contribution in [2.45, 2.75) is 6.61 Å². The van der Waals surface area contributed by atoms with Crippen molar-refractivity contribution in [1.82, 2.24) is 0 Å². The van der Waals surface area contributed by atoms with Gasteiger partial charge < -0.3 is 10.1 Å². The molecule has 0 spiro atoms. The molecule has 0 heterocycles. The van der Waals surface area contributed by atoms with E-state index in [1.165, 1.54) is 0 Å². The summed E-state index contributed by atoms with van der Waals surface area (Å²) in [6, 6.07) is 21.9. The molecular formula is C20H15Cl2NO2. The summed E-state index contributed by atoms with van der Waals surface area (Å²) in [6.07, 6.45) is 0. The normalized spacial score (nSPS) is 10.3. The average molecular weight is 372 g/mol. The fourth-order valence-corrected chi connectivity index (χ4v) is 2.65. The smallest absolute Gasteiger partial charge is 0.259 e. The topological polar surface area (TPSA) is 38.3 Å². The van der Waals surface area contributed by atoms with Crippen LogP contribution in [0.15, 0.2) is 72.8 Å². The molecule has 5 heteroatoms. The minimum absolute atomic E-state index is 0.306. The lowest BCUT2D eigenvalue weighted by molar-refractivity contribution is 0.102. The highest BCUT2D eigenvalue weighted by Crippen LogP contribution is 2.30. The second-order valence-electron chi connectivity index (χ2n) is 5.33. The van der Waals surface area contributed by atoms with Gasteiger partial charge in [0.2, 0.25) is 0 Å². The molecule has 1 amide bonds. The van der Waals surface area contributed by atoms with Crippen LogP contribution in [0.5, 0.6) is 5.75 Å². The zero-order valence-electron chi connectivity index (χ0n) is 13.2. The van der Waals surface area contributed by atoms with E-state index in [1.54, 1.807) is 36.4 Å². The van der Waals surface area contributed by atoms with Crippen LogP contribution in [-0.2, 0) is 6.61 Å². The van der Waals surface area contributed by atoms with Crippen LogP contribution >= 0.6 is 23.2 Å². The average Bonchev–Trinajstić information content (AvgIpc) is 2.65. The minimum Gasteiger partial charge on any atom is -0.488 e. The molecule has 1 N–H and O–H groups in total. The summed E-state index contributed by atoms with van der Waals surface area (Å²) >= 11 is 12.1. The van der Waals surface area contributed by atoms with Crippen LogP contribution in [0, 0.1) is 0 Å². The van der Waals surface area contributed by atoms with Crippen molar-refractivity contribution in [2.75, 3.05) is 5.32 Å². The molecule has 0 aliphatic rings. The first-order chi connectivity index (χ1) is 12.1. The summed E-state index contributed by atoms with van der Waals surface area (Å²) in [5.74, 6) is 0.190. The van der Waals surface area contributed by atoms with Gasteiger partial charge in [0, 0.05) is 0 Å². The maximum atomic E-state index is 12.6. The van der Waals surface area contributed by atoms with E-state index in [4.69, 9.17) is 27.9 Å². The Morgan fingerprint density at radius 2 is 1.60 bits per heavy atom. The Morgan fingerprint density at radius 3 is 2.40 bits per heavy atom. The molecule has 126 valence electrons. The van der Waals surface area contributed by atoms with Gasteiger partial charge in [-0.1, -0.05) is 71.7 Å². The molecule has 3 aromatic rings. The SMILES string of the molecule is O=C(Nc1cccc(Cl)c1Cl)c1ccccc1OCc1ccccc1. The third-order valence-electron chi connectivity index (χ3n) is 3.57. The molecule has 0 saturated heterocycles. The van der Waals surface area contributed by atoms with E-state index < -0.39 is 0 Å². The molecule has 25 heavy (non-hydrogen) atoms. The van der Waals surface area contributed by atoms with Crippen LogP contribution < -0.4 is 10.1 Å². The molecule has 0 bridgehead atoms. The number of para-hydroxylation sites is 1. The lowest BCUT2D eigenvalue weighted by Gasteiger charge is -2.13.